The largest absolute Gasteiger partial charge is 0.481 e. The summed E-state index contributed by atoms with van der Waals surface area (Å²) < 4.78 is 0. The third-order valence-electron chi connectivity index (χ3n) is 4.55. The fourth-order valence-corrected chi connectivity index (χ4v) is 4.38. The van der Waals surface area contributed by atoms with Gasteiger partial charge in [-0.1, -0.05) is 6.92 Å². The highest BCUT2D eigenvalue weighted by Crippen LogP contribution is 2.35. The molecule has 1 heterocycles. The van der Waals surface area contributed by atoms with Crippen LogP contribution in [0.1, 0.15) is 53.4 Å². The first kappa shape index (κ1) is 14.6. The Morgan fingerprint density at radius 3 is 2.86 bits per heavy atom. The highest BCUT2D eigenvalue weighted by Gasteiger charge is 2.34. The molecule has 2 aliphatic rings. The van der Waals surface area contributed by atoms with Crippen LogP contribution in [0.15, 0.2) is 5.38 Å². The number of carbonyl (C=O) groups is 2. The molecule has 0 radical (unpaired) electrons. The first-order chi connectivity index (χ1) is 10.0. The smallest absolute Gasteiger partial charge is 0.305 e. The van der Waals surface area contributed by atoms with Crippen LogP contribution in [0.2, 0.25) is 0 Å². The summed E-state index contributed by atoms with van der Waals surface area (Å²) in [6.45, 7) is 2.25. The molecular formula is C16H21NO3S. The average Bonchev–Trinajstić information content (AvgIpc) is 3.17. The van der Waals surface area contributed by atoms with Gasteiger partial charge in [-0.05, 0) is 49.5 Å². The van der Waals surface area contributed by atoms with E-state index in [0.717, 1.165) is 37.7 Å². The SMILES string of the molecule is CC1CCc2c(C(=O)NC(CC(=O)O)C3CC3)csc2C1. The average molecular weight is 307 g/mol. The highest BCUT2D eigenvalue weighted by atomic mass is 32.1. The van der Waals surface area contributed by atoms with Crippen molar-refractivity contribution in [3.63, 3.8) is 0 Å². The zero-order chi connectivity index (χ0) is 15.0. The minimum Gasteiger partial charge on any atom is -0.481 e. The molecule has 0 spiro atoms. The second-order valence-electron chi connectivity index (χ2n) is 6.41. The molecule has 1 aromatic heterocycles. The zero-order valence-corrected chi connectivity index (χ0v) is 13.0. The minimum atomic E-state index is -0.839. The van der Waals surface area contributed by atoms with Crippen LogP contribution < -0.4 is 5.32 Å². The van der Waals surface area contributed by atoms with E-state index in [9.17, 15) is 9.59 Å². The Hall–Kier alpha value is -1.36. The third kappa shape index (κ3) is 3.28. The molecule has 2 unspecified atom stereocenters. The summed E-state index contributed by atoms with van der Waals surface area (Å²) in [5, 5.41) is 13.9. The topological polar surface area (TPSA) is 66.4 Å². The molecule has 4 nitrogen and oxygen atoms in total. The lowest BCUT2D eigenvalue weighted by molar-refractivity contribution is -0.137. The van der Waals surface area contributed by atoms with E-state index in [2.05, 4.69) is 12.2 Å². The third-order valence-corrected chi connectivity index (χ3v) is 5.60. The first-order valence-corrected chi connectivity index (χ1v) is 8.54. The monoisotopic (exact) mass is 307 g/mol. The summed E-state index contributed by atoms with van der Waals surface area (Å²) >= 11 is 1.67. The Morgan fingerprint density at radius 1 is 1.43 bits per heavy atom. The van der Waals surface area contributed by atoms with Crippen LogP contribution in [0.4, 0.5) is 0 Å². The van der Waals surface area contributed by atoms with Gasteiger partial charge in [0.2, 0.25) is 0 Å². The number of hydrogen-bond acceptors (Lipinski definition) is 3. The minimum absolute atomic E-state index is 0.0275. The van der Waals surface area contributed by atoms with Gasteiger partial charge in [0, 0.05) is 16.3 Å². The number of carbonyl (C=O) groups excluding carboxylic acids is 1. The molecule has 0 aliphatic heterocycles. The van der Waals surface area contributed by atoms with Crippen molar-refractivity contribution in [2.24, 2.45) is 11.8 Å². The van der Waals surface area contributed by atoms with Crippen molar-refractivity contribution in [2.75, 3.05) is 0 Å². The quantitative estimate of drug-likeness (QED) is 0.879. The summed E-state index contributed by atoms with van der Waals surface area (Å²) in [5.41, 5.74) is 1.97. The molecule has 5 heteroatoms. The Balaban J connectivity index is 1.71. The maximum atomic E-state index is 12.5. The number of hydrogen-bond donors (Lipinski definition) is 2. The molecule has 0 saturated heterocycles. The van der Waals surface area contributed by atoms with Gasteiger partial charge in [0.05, 0.1) is 12.0 Å². The normalized spacial score (nSPS) is 22.4. The van der Waals surface area contributed by atoms with Gasteiger partial charge in [0.25, 0.3) is 5.91 Å². The van der Waals surface area contributed by atoms with Crippen LogP contribution >= 0.6 is 11.3 Å². The number of fused-ring (bicyclic) bond motifs is 1. The van der Waals surface area contributed by atoms with E-state index in [0.29, 0.717) is 11.8 Å². The van der Waals surface area contributed by atoms with E-state index in [4.69, 9.17) is 5.11 Å². The summed E-state index contributed by atoms with van der Waals surface area (Å²) in [7, 11) is 0. The van der Waals surface area contributed by atoms with Gasteiger partial charge in [-0.25, -0.2) is 0 Å². The van der Waals surface area contributed by atoms with Gasteiger partial charge in [-0.2, -0.15) is 0 Å². The predicted molar refractivity (Wildman–Crippen MR) is 81.7 cm³/mol. The lowest BCUT2D eigenvalue weighted by Gasteiger charge is -2.20. The van der Waals surface area contributed by atoms with Gasteiger partial charge < -0.3 is 10.4 Å². The Bertz CT molecular complexity index is 562. The van der Waals surface area contributed by atoms with Crippen molar-refractivity contribution in [3.05, 3.63) is 21.4 Å². The van der Waals surface area contributed by atoms with Gasteiger partial charge in [0.15, 0.2) is 0 Å². The number of nitrogens with one attached hydrogen (secondary N) is 1. The second-order valence-corrected chi connectivity index (χ2v) is 7.38. The van der Waals surface area contributed by atoms with Crippen molar-refractivity contribution in [1.29, 1.82) is 0 Å². The predicted octanol–water partition coefficient (Wildman–Crippen LogP) is 2.86. The lowest BCUT2D eigenvalue weighted by atomic mass is 9.88. The maximum Gasteiger partial charge on any atom is 0.305 e. The molecule has 0 aromatic carbocycles. The molecule has 2 atom stereocenters. The van der Waals surface area contributed by atoms with Gasteiger partial charge in [-0.3, -0.25) is 9.59 Å². The van der Waals surface area contributed by atoms with Gasteiger partial charge >= 0.3 is 5.97 Å². The van der Waals surface area contributed by atoms with Crippen LogP contribution in [0.3, 0.4) is 0 Å². The van der Waals surface area contributed by atoms with E-state index in [1.54, 1.807) is 11.3 Å². The van der Waals surface area contributed by atoms with Crippen LogP contribution in [-0.2, 0) is 17.6 Å². The number of carboxylic acid groups (broad SMARTS) is 1. The maximum absolute atomic E-state index is 12.5. The van der Waals surface area contributed by atoms with Crippen molar-refractivity contribution in [2.45, 2.75) is 51.5 Å². The highest BCUT2D eigenvalue weighted by molar-refractivity contribution is 7.10. The lowest BCUT2D eigenvalue weighted by Crippen LogP contribution is -2.38. The Labute approximate surface area is 128 Å². The fourth-order valence-electron chi connectivity index (χ4n) is 3.14. The second kappa shape index (κ2) is 5.79. The summed E-state index contributed by atoms with van der Waals surface area (Å²) in [5.74, 6) is 0.117. The molecule has 1 aromatic rings. The standard InChI is InChI=1S/C16H21NO3S/c1-9-2-5-11-12(8-21-14(11)6-9)16(20)17-13(7-15(18)19)10-3-4-10/h8-10,13H,2-7H2,1H3,(H,17,20)(H,18,19). The van der Waals surface area contributed by atoms with E-state index < -0.39 is 5.97 Å². The summed E-state index contributed by atoms with van der Waals surface area (Å²) in [4.78, 5) is 24.7. The zero-order valence-electron chi connectivity index (χ0n) is 12.2. The van der Waals surface area contributed by atoms with E-state index in [1.807, 2.05) is 5.38 Å². The van der Waals surface area contributed by atoms with Crippen molar-refractivity contribution < 1.29 is 14.7 Å². The van der Waals surface area contributed by atoms with Crippen LogP contribution in [0, 0.1) is 11.8 Å². The molecule has 21 heavy (non-hydrogen) atoms. The number of rotatable bonds is 5. The molecular weight excluding hydrogens is 286 g/mol. The van der Waals surface area contributed by atoms with Crippen molar-refractivity contribution >= 4 is 23.2 Å². The molecule has 1 amide bonds. The van der Waals surface area contributed by atoms with E-state index in [1.165, 1.54) is 10.4 Å². The Kier molecular flexibility index (Phi) is 4.02. The van der Waals surface area contributed by atoms with Crippen LogP contribution in [-0.4, -0.2) is 23.0 Å². The number of aliphatic carboxylic acids is 1. The Morgan fingerprint density at radius 2 is 2.19 bits per heavy atom. The molecule has 1 fully saturated rings. The number of thiophene rings is 1. The summed E-state index contributed by atoms with van der Waals surface area (Å²) in [6, 6.07) is -0.215. The first-order valence-electron chi connectivity index (χ1n) is 7.66. The van der Waals surface area contributed by atoms with E-state index in [-0.39, 0.29) is 18.4 Å². The molecule has 1 saturated carbocycles. The van der Waals surface area contributed by atoms with Crippen LogP contribution in [0.25, 0.3) is 0 Å². The van der Waals surface area contributed by atoms with Crippen molar-refractivity contribution in [3.8, 4) is 0 Å². The molecule has 2 N–H and O–H groups in total. The summed E-state index contributed by atoms with van der Waals surface area (Å²) in [6.07, 6.45) is 5.24. The van der Waals surface area contributed by atoms with Crippen molar-refractivity contribution in [1.82, 2.24) is 5.32 Å². The van der Waals surface area contributed by atoms with Crippen LogP contribution in [0.5, 0.6) is 0 Å². The molecule has 2 aliphatic carbocycles. The number of amides is 1. The molecule has 114 valence electrons. The van der Waals surface area contributed by atoms with E-state index >= 15 is 0 Å². The molecule has 3 rings (SSSR count). The van der Waals surface area contributed by atoms with Gasteiger partial charge in [-0.15, -0.1) is 11.3 Å². The number of carboxylic acids is 1. The molecule has 0 bridgehead atoms. The fraction of sp³-hybridized carbons (Fsp3) is 0.625. The van der Waals surface area contributed by atoms with Gasteiger partial charge in [0.1, 0.15) is 0 Å².